The van der Waals surface area contributed by atoms with Crippen LogP contribution in [0.25, 0.3) is 0 Å². The second-order valence-corrected chi connectivity index (χ2v) is 8.94. The minimum atomic E-state index is -4.68. The second-order valence-electron chi connectivity index (χ2n) is 8.94. The lowest BCUT2D eigenvalue weighted by Crippen LogP contribution is -2.42. The maximum absolute atomic E-state index is 14.4. The highest BCUT2D eigenvalue weighted by Crippen LogP contribution is 2.46. The Bertz CT molecular complexity index is 1360. The van der Waals surface area contributed by atoms with Crippen molar-refractivity contribution in [3.63, 3.8) is 0 Å². The van der Waals surface area contributed by atoms with Gasteiger partial charge < -0.3 is 9.30 Å². The molecule has 0 spiro atoms. The Kier molecular flexibility index (Phi) is 7.11. The molecule has 0 saturated heterocycles. The molecule has 0 fully saturated rings. The second kappa shape index (κ2) is 10.6. The molecule has 0 saturated carbocycles. The summed E-state index contributed by atoms with van der Waals surface area (Å²) in [6, 6.07) is 32.4. The summed E-state index contributed by atoms with van der Waals surface area (Å²) in [5.41, 5.74) is 2.71. The third-order valence-electron chi connectivity index (χ3n) is 6.67. The zero-order chi connectivity index (χ0) is 26.6. The first kappa shape index (κ1) is 25.4. The zero-order valence-electron chi connectivity index (χ0n) is 20.7. The molecule has 1 atom stereocenters. The van der Waals surface area contributed by atoms with Gasteiger partial charge in [0.2, 0.25) is 6.10 Å². The highest BCUT2D eigenvalue weighted by Gasteiger charge is 2.49. The van der Waals surface area contributed by atoms with Crippen LogP contribution in [0.5, 0.6) is 0 Å². The maximum atomic E-state index is 14.4. The van der Waals surface area contributed by atoms with Crippen LogP contribution in [0.2, 0.25) is 0 Å². The van der Waals surface area contributed by atoms with Crippen molar-refractivity contribution >= 4 is 0 Å². The molecule has 5 rings (SSSR count). The fourth-order valence-corrected chi connectivity index (χ4v) is 5.12. The predicted molar refractivity (Wildman–Crippen MR) is 140 cm³/mol. The lowest BCUT2D eigenvalue weighted by Gasteiger charge is -2.40. The Hall–Kier alpha value is -4.23. The Morgan fingerprint density at radius 3 is 1.63 bits per heavy atom. The van der Waals surface area contributed by atoms with Crippen LogP contribution in [-0.2, 0) is 16.7 Å². The van der Waals surface area contributed by atoms with Gasteiger partial charge in [-0.15, -0.1) is 0 Å². The molecule has 0 bridgehead atoms. The van der Waals surface area contributed by atoms with Crippen molar-refractivity contribution in [2.24, 2.45) is 0 Å². The van der Waals surface area contributed by atoms with Gasteiger partial charge in [0, 0.05) is 37.8 Å². The van der Waals surface area contributed by atoms with Gasteiger partial charge in [0.05, 0.1) is 0 Å². The Morgan fingerprint density at radius 1 is 0.737 bits per heavy atom. The molecular weight excluding hydrogens is 487 g/mol. The summed E-state index contributed by atoms with van der Waals surface area (Å²) >= 11 is 0. The normalized spacial score (nSPS) is 12.8. The van der Waals surface area contributed by atoms with Crippen molar-refractivity contribution in [2.45, 2.75) is 24.2 Å². The van der Waals surface area contributed by atoms with E-state index < -0.39 is 17.8 Å². The van der Waals surface area contributed by atoms with Gasteiger partial charge in [0.25, 0.3) is 0 Å². The van der Waals surface area contributed by atoms with E-state index in [1.165, 1.54) is 6.20 Å². The van der Waals surface area contributed by atoms with E-state index in [-0.39, 0.29) is 5.82 Å². The van der Waals surface area contributed by atoms with E-state index in [9.17, 15) is 13.2 Å². The summed E-state index contributed by atoms with van der Waals surface area (Å²) in [4.78, 5) is 8.48. The van der Waals surface area contributed by atoms with E-state index in [4.69, 9.17) is 4.74 Å². The number of hydrogen-bond donors (Lipinski definition) is 0. The predicted octanol–water partition coefficient (Wildman–Crippen LogP) is 6.96. The van der Waals surface area contributed by atoms with Crippen LogP contribution < -0.4 is 0 Å². The molecule has 0 amide bonds. The summed E-state index contributed by atoms with van der Waals surface area (Å²) in [7, 11) is 1.06. The molecule has 0 radical (unpaired) electrons. The number of pyridine rings is 1. The molecule has 0 aliphatic carbocycles. The Morgan fingerprint density at radius 2 is 1.21 bits per heavy atom. The van der Waals surface area contributed by atoms with Crippen molar-refractivity contribution < 1.29 is 17.9 Å². The number of benzene rings is 3. The van der Waals surface area contributed by atoms with Crippen LogP contribution in [0.15, 0.2) is 122 Å². The third kappa shape index (κ3) is 4.61. The van der Waals surface area contributed by atoms with Gasteiger partial charge >= 0.3 is 6.18 Å². The van der Waals surface area contributed by atoms with E-state index in [1.807, 2.05) is 103 Å². The first-order valence-electron chi connectivity index (χ1n) is 12.2. The van der Waals surface area contributed by atoms with Crippen molar-refractivity contribution in [3.8, 4) is 0 Å². The van der Waals surface area contributed by atoms with Gasteiger partial charge in [0.15, 0.2) is 0 Å². The first-order chi connectivity index (χ1) is 18.5. The zero-order valence-corrected chi connectivity index (χ0v) is 20.7. The SMILES string of the molecule is COC(c1ncc(Cc2ccncc2)n1C(c1ccccc1)(c1ccccc1)c1ccccc1)C(F)(F)F. The van der Waals surface area contributed by atoms with Crippen molar-refractivity contribution in [2.75, 3.05) is 7.11 Å². The molecular formula is C31H26F3N3O. The quantitative estimate of drug-likeness (QED) is 0.211. The molecule has 3 aromatic carbocycles. The number of nitrogens with zero attached hydrogens (tertiary/aromatic N) is 3. The number of methoxy groups -OCH3 is 1. The fraction of sp³-hybridized carbons (Fsp3) is 0.161. The van der Waals surface area contributed by atoms with E-state index in [0.717, 1.165) is 29.4 Å². The molecule has 1 unspecified atom stereocenters. The lowest BCUT2D eigenvalue weighted by molar-refractivity contribution is -0.219. The van der Waals surface area contributed by atoms with Gasteiger partial charge in [-0.25, -0.2) is 4.98 Å². The summed E-state index contributed by atoms with van der Waals surface area (Å²) in [6.45, 7) is 0. The van der Waals surface area contributed by atoms with Crippen LogP contribution in [0.1, 0.15) is 39.9 Å². The number of imidazole rings is 1. The average molecular weight is 514 g/mol. The molecule has 4 nitrogen and oxygen atoms in total. The smallest absolute Gasteiger partial charge is 0.365 e. The van der Waals surface area contributed by atoms with Gasteiger partial charge in [0.1, 0.15) is 11.4 Å². The summed E-state index contributed by atoms with van der Waals surface area (Å²) in [5.74, 6) is -0.222. The molecule has 7 heteroatoms. The highest BCUT2D eigenvalue weighted by atomic mass is 19.4. The molecule has 0 aliphatic heterocycles. The summed E-state index contributed by atoms with van der Waals surface area (Å²) in [6.07, 6.45) is -1.70. The summed E-state index contributed by atoms with van der Waals surface area (Å²) < 4.78 is 50.1. The molecule has 38 heavy (non-hydrogen) atoms. The van der Waals surface area contributed by atoms with Gasteiger partial charge in [-0.1, -0.05) is 91.0 Å². The van der Waals surface area contributed by atoms with Gasteiger partial charge in [-0.2, -0.15) is 13.2 Å². The Labute approximate surface area is 219 Å². The van der Waals surface area contributed by atoms with E-state index in [2.05, 4.69) is 9.97 Å². The van der Waals surface area contributed by atoms with Crippen molar-refractivity contribution in [1.82, 2.24) is 14.5 Å². The van der Waals surface area contributed by atoms with Gasteiger partial charge in [-0.05, 0) is 34.4 Å². The number of rotatable bonds is 8. The molecule has 2 heterocycles. The average Bonchev–Trinajstić information content (AvgIpc) is 3.34. The number of ether oxygens (including phenoxy) is 1. The van der Waals surface area contributed by atoms with Crippen LogP contribution in [-0.4, -0.2) is 27.8 Å². The van der Waals surface area contributed by atoms with Crippen LogP contribution in [0.3, 0.4) is 0 Å². The maximum Gasteiger partial charge on any atom is 0.421 e. The number of hydrogen-bond acceptors (Lipinski definition) is 3. The number of halogens is 3. The minimum absolute atomic E-state index is 0.222. The topological polar surface area (TPSA) is 39.9 Å². The first-order valence-corrected chi connectivity index (χ1v) is 12.2. The van der Waals surface area contributed by atoms with Crippen molar-refractivity contribution in [1.29, 1.82) is 0 Å². The molecule has 0 aliphatic rings. The van der Waals surface area contributed by atoms with E-state index in [0.29, 0.717) is 12.1 Å². The van der Waals surface area contributed by atoms with E-state index >= 15 is 0 Å². The standard InChI is InChI=1S/C31H26F3N3O/c1-38-28(31(32,33)34)29-36-22-27(21-23-17-19-35-20-18-23)37(29)30(24-11-5-2-6-12-24,25-13-7-3-8-14-25)26-15-9-4-10-16-26/h2-20,22,28H,21H2,1H3. The largest absolute Gasteiger partial charge is 0.421 e. The third-order valence-corrected chi connectivity index (χ3v) is 6.67. The fourth-order valence-electron chi connectivity index (χ4n) is 5.12. The highest BCUT2D eigenvalue weighted by molar-refractivity contribution is 5.52. The molecule has 192 valence electrons. The van der Waals surface area contributed by atoms with Crippen molar-refractivity contribution in [3.05, 3.63) is 155 Å². The van der Waals surface area contributed by atoms with Crippen LogP contribution >= 0.6 is 0 Å². The van der Waals surface area contributed by atoms with Crippen LogP contribution in [0, 0.1) is 0 Å². The summed E-state index contributed by atoms with van der Waals surface area (Å²) in [5, 5.41) is 0. The van der Waals surface area contributed by atoms with Crippen LogP contribution in [0.4, 0.5) is 13.2 Å². The molecule has 0 N–H and O–H groups in total. The number of aromatic nitrogens is 3. The van der Waals surface area contributed by atoms with E-state index in [1.54, 1.807) is 17.0 Å². The monoisotopic (exact) mass is 513 g/mol. The molecule has 5 aromatic rings. The lowest BCUT2D eigenvalue weighted by atomic mass is 9.76. The molecule has 2 aromatic heterocycles. The minimum Gasteiger partial charge on any atom is -0.365 e. The number of alkyl halides is 3. The Balaban J connectivity index is 1.93. The van der Waals surface area contributed by atoms with Gasteiger partial charge in [-0.3, -0.25) is 4.98 Å².